The molecule has 0 saturated carbocycles. The Morgan fingerprint density at radius 2 is 2.00 bits per heavy atom. The maximum Gasteiger partial charge on any atom is 0.168 e. The van der Waals surface area contributed by atoms with Crippen LogP contribution in [0, 0.1) is 11.7 Å². The summed E-state index contributed by atoms with van der Waals surface area (Å²) in [5.74, 6) is 0.845. The van der Waals surface area contributed by atoms with Crippen molar-refractivity contribution in [1.29, 1.82) is 0 Å². The predicted octanol–water partition coefficient (Wildman–Crippen LogP) is 2.10. The minimum absolute atomic E-state index is 0.336. The van der Waals surface area contributed by atoms with Gasteiger partial charge in [-0.3, -0.25) is 4.90 Å². The number of fused-ring (bicyclic) bond motifs is 1. The van der Waals surface area contributed by atoms with E-state index in [-0.39, 0.29) is 5.82 Å². The molecule has 2 atom stereocenters. The second-order valence-corrected chi connectivity index (χ2v) is 7.69. The van der Waals surface area contributed by atoms with E-state index in [2.05, 4.69) is 25.3 Å². The molecule has 1 N–H and O–H groups in total. The molecule has 0 aliphatic carbocycles. The molecule has 2 aromatic heterocycles. The van der Waals surface area contributed by atoms with E-state index in [0.717, 1.165) is 57.9 Å². The first-order chi connectivity index (χ1) is 14.8. The number of nitrogens with one attached hydrogen (secondary N) is 1. The van der Waals surface area contributed by atoms with E-state index >= 15 is 0 Å². The molecule has 2 aliphatic rings. The molecular weight excluding hydrogens is 387 g/mol. The molecule has 3 aromatic rings. The fourth-order valence-electron chi connectivity index (χ4n) is 4.35. The van der Waals surface area contributed by atoms with E-state index in [4.69, 9.17) is 9.47 Å². The van der Waals surface area contributed by atoms with Crippen LogP contribution in [0.3, 0.4) is 0 Å². The summed E-state index contributed by atoms with van der Waals surface area (Å²) in [5.41, 5.74) is 0.941. The number of halogens is 1. The van der Waals surface area contributed by atoms with E-state index in [1.165, 1.54) is 17.1 Å². The Morgan fingerprint density at radius 3 is 2.80 bits per heavy atom. The summed E-state index contributed by atoms with van der Waals surface area (Å²) in [6, 6.07) is 6.88. The number of rotatable bonds is 6. The fraction of sp³-hybridized carbons (Fsp3) is 0.476. The third-order valence-corrected chi connectivity index (χ3v) is 5.95. The van der Waals surface area contributed by atoms with Crippen LogP contribution in [0.25, 0.3) is 16.7 Å². The molecule has 1 aromatic carbocycles. The zero-order valence-electron chi connectivity index (χ0n) is 16.7. The first kappa shape index (κ1) is 19.3. The maximum absolute atomic E-state index is 14.3. The highest BCUT2D eigenvalue weighted by Crippen LogP contribution is 2.25. The highest BCUT2D eigenvalue weighted by atomic mass is 19.1. The molecule has 9 heteroatoms. The van der Waals surface area contributed by atoms with Crippen molar-refractivity contribution in [2.45, 2.75) is 12.5 Å². The summed E-state index contributed by atoms with van der Waals surface area (Å²) >= 11 is 0. The zero-order valence-corrected chi connectivity index (χ0v) is 16.7. The Hall–Kier alpha value is -2.62. The number of hydrogen-bond donors (Lipinski definition) is 1. The molecule has 30 heavy (non-hydrogen) atoms. The summed E-state index contributed by atoms with van der Waals surface area (Å²) in [4.78, 5) is 11.3. The van der Waals surface area contributed by atoms with E-state index < -0.39 is 0 Å². The van der Waals surface area contributed by atoms with Crippen molar-refractivity contribution in [3.8, 4) is 5.69 Å². The Kier molecular flexibility index (Phi) is 5.56. The number of ether oxygens (including phenoxy) is 2. The molecule has 2 unspecified atom stereocenters. The topological polar surface area (TPSA) is 77.3 Å². The van der Waals surface area contributed by atoms with Gasteiger partial charge in [0.25, 0.3) is 0 Å². The molecule has 2 aliphatic heterocycles. The lowest BCUT2D eigenvalue weighted by Crippen LogP contribution is -2.50. The Morgan fingerprint density at radius 1 is 1.13 bits per heavy atom. The lowest BCUT2D eigenvalue weighted by atomic mass is 9.97. The first-order valence-electron chi connectivity index (χ1n) is 10.4. The van der Waals surface area contributed by atoms with Gasteiger partial charge in [0, 0.05) is 38.2 Å². The molecule has 158 valence electrons. The molecular formula is C21H25FN6O2. The normalized spacial score (nSPS) is 21.2. The van der Waals surface area contributed by atoms with Gasteiger partial charge >= 0.3 is 0 Å². The number of morpholine rings is 1. The van der Waals surface area contributed by atoms with Crippen LogP contribution in [0.15, 0.2) is 36.8 Å². The average molecular weight is 412 g/mol. The van der Waals surface area contributed by atoms with Crippen molar-refractivity contribution in [3.63, 3.8) is 0 Å². The SMILES string of the molecule is Fc1ccccc1-n1ncc2c(NCC(C3CCOC3)N3CCOCC3)ncnc21. The number of benzene rings is 1. The van der Waals surface area contributed by atoms with Crippen molar-refractivity contribution in [3.05, 3.63) is 42.6 Å². The summed E-state index contributed by atoms with van der Waals surface area (Å²) in [6.45, 7) is 5.72. The molecule has 2 saturated heterocycles. The lowest BCUT2D eigenvalue weighted by Gasteiger charge is -2.37. The fourth-order valence-corrected chi connectivity index (χ4v) is 4.35. The monoisotopic (exact) mass is 412 g/mol. The molecule has 0 bridgehead atoms. The van der Waals surface area contributed by atoms with E-state index in [1.54, 1.807) is 24.4 Å². The number of para-hydroxylation sites is 1. The smallest absolute Gasteiger partial charge is 0.168 e. The standard InChI is InChI=1S/C21H25FN6O2/c22-17-3-1-2-4-18(17)28-21-16(11-26-28)20(24-14-25-21)23-12-19(15-5-8-30-13-15)27-6-9-29-10-7-27/h1-4,11,14-15,19H,5-10,12-13H2,(H,23,24,25). The third-order valence-electron chi connectivity index (χ3n) is 5.95. The molecule has 2 fully saturated rings. The first-order valence-corrected chi connectivity index (χ1v) is 10.4. The minimum atomic E-state index is -0.343. The summed E-state index contributed by atoms with van der Waals surface area (Å²) < 4.78 is 27.0. The summed E-state index contributed by atoms with van der Waals surface area (Å²) in [6.07, 6.45) is 4.24. The quantitative estimate of drug-likeness (QED) is 0.664. The Balaban J connectivity index is 1.40. The summed E-state index contributed by atoms with van der Waals surface area (Å²) in [5, 5.41) is 8.64. The van der Waals surface area contributed by atoms with Crippen LogP contribution >= 0.6 is 0 Å². The van der Waals surface area contributed by atoms with Crippen LogP contribution in [0.4, 0.5) is 10.2 Å². The van der Waals surface area contributed by atoms with Gasteiger partial charge in [-0.2, -0.15) is 5.10 Å². The maximum atomic E-state index is 14.3. The van der Waals surface area contributed by atoms with Crippen LogP contribution in [-0.2, 0) is 9.47 Å². The van der Waals surface area contributed by atoms with Crippen molar-refractivity contribution >= 4 is 16.9 Å². The van der Waals surface area contributed by atoms with E-state index in [1.807, 2.05) is 0 Å². The van der Waals surface area contributed by atoms with Crippen LogP contribution in [0.2, 0.25) is 0 Å². The van der Waals surface area contributed by atoms with E-state index in [0.29, 0.717) is 29.1 Å². The van der Waals surface area contributed by atoms with Gasteiger partial charge in [0.15, 0.2) is 5.65 Å². The lowest BCUT2D eigenvalue weighted by molar-refractivity contribution is 0.00460. The number of nitrogens with zero attached hydrogens (tertiary/aromatic N) is 5. The van der Waals surface area contributed by atoms with Crippen molar-refractivity contribution < 1.29 is 13.9 Å². The summed E-state index contributed by atoms with van der Waals surface area (Å²) in [7, 11) is 0. The third kappa shape index (κ3) is 3.76. The van der Waals surface area contributed by atoms with Crippen LogP contribution < -0.4 is 5.32 Å². The van der Waals surface area contributed by atoms with Gasteiger partial charge in [0.05, 0.1) is 31.4 Å². The van der Waals surface area contributed by atoms with Gasteiger partial charge in [-0.15, -0.1) is 0 Å². The zero-order chi connectivity index (χ0) is 20.3. The molecule has 8 nitrogen and oxygen atoms in total. The largest absolute Gasteiger partial charge is 0.381 e. The van der Waals surface area contributed by atoms with E-state index in [9.17, 15) is 4.39 Å². The molecule has 0 spiro atoms. The second-order valence-electron chi connectivity index (χ2n) is 7.69. The Labute approximate surface area is 174 Å². The van der Waals surface area contributed by atoms with Gasteiger partial charge in [-0.05, 0) is 18.6 Å². The van der Waals surface area contributed by atoms with Gasteiger partial charge in [-0.1, -0.05) is 12.1 Å². The van der Waals surface area contributed by atoms with Crippen LogP contribution in [0.1, 0.15) is 6.42 Å². The van der Waals surface area contributed by atoms with Crippen LogP contribution in [-0.4, -0.2) is 76.8 Å². The molecule has 5 rings (SSSR count). The highest BCUT2D eigenvalue weighted by molar-refractivity contribution is 5.87. The number of aromatic nitrogens is 4. The minimum Gasteiger partial charge on any atom is -0.381 e. The predicted molar refractivity (Wildman–Crippen MR) is 110 cm³/mol. The Bertz CT molecular complexity index is 1000. The average Bonchev–Trinajstić information content (AvgIpc) is 3.46. The van der Waals surface area contributed by atoms with Crippen molar-refractivity contribution in [2.24, 2.45) is 5.92 Å². The molecule has 0 amide bonds. The van der Waals surface area contributed by atoms with Gasteiger partial charge in [-0.25, -0.2) is 19.0 Å². The van der Waals surface area contributed by atoms with Gasteiger partial charge in [0.2, 0.25) is 0 Å². The highest BCUT2D eigenvalue weighted by Gasteiger charge is 2.31. The number of anilines is 1. The number of hydrogen-bond acceptors (Lipinski definition) is 7. The van der Waals surface area contributed by atoms with Crippen LogP contribution in [0.5, 0.6) is 0 Å². The van der Waals surface area contributed by atoms with Gasteiger partial charge < -0.3 is 14.8 Å². The van der Waals surface area contributed by atoms with Gasteiger partial charge in [0.1, 0.15) is 23.6 Å². The molecule has 0 radical (unpaired) electrons. The van der Waals surface area contributed by atoms with Crippen molar-refractivity contribution in [1.82, 2.24) is 24.6 Å². The second kappa shape index (κ2) is 8.63. The molecule has 4 heterocycles. The van der Waals surface area contributed by atoms with Crippen molar-refractivity contribution in [2.75, 3.05) is 51.4 Å².